The quantitative estimate of drug-likeness (QED) is 0.108. The molecule has 4 aromatic rings. The zero-order valence-corrected chi connectivity index (χ0v) is 30.2. The van der Waals surface area contributed by atoms with E-state index in [9.17, 15) is 13.6 Å². The predicted molar refractivity (Wildman–Crippen MR) is 182 cm³/mol. The first-order valence-electron chi connectivity index (χ1n) is 16.3. The Morgan fingerprint density at radius 1 is 1.08 bits per heavy atom. The molecule has 11 nitrogen and oxygen atoms in total. The third kappa shape index (κ3) is 9.29. The van der Waals surface area contributed by atoms with Crippen LogP contribution in [-0.2, 0) is 13.6 Å². The molecule has 15 heteroatoms. The highest BCUT2D eigenvalue weighted by Gasteiger charge is 2.32. The molecule has 4 heterocycles. The largest absolute Gasteiger partial charge is 0.335 e. The fourth-order valence-corrected chi connectivity index (χ4v) is 7.61. The number of hydrogen-bond acceptors (Lipinski definition) is 9. The van der Waals surface area contributed by atoms with Gasteiger partial charge in [0, 0.05) is 23.3 Å². The van der Waals surface area contributed by atoms with Crippen LogP contribution in [0.5, 0.6) is 0 Å². The summed E-state index contributed by atoms with van der Waals surface area (Å²) in [5.74, 6) is -2.09. The lowest BCUT2D eigenvalue weighted by Gasteiger charge is -2.33. The standard InChI is InChI=1S/C33H44F2N7O4PS/c1-8-16-33(6,7)46-47(45-32(3,4)5)44-21(2)41-18-22(17-36-41)31-38-26(20-48-31)30(43)37-25-19-42(23-12-10-9-11-13-23)40-29(25)28-24(34)14-15-27(35)39-28/h14-15,17-21,23H,8-13,16H2,1-7H3,(H,37,43). The van der Waals surface area contributed by atoms with Gasteiger partial charge in [0.25, 0.3) is 5.91 Å². The molecule has 0 bridgehead atoms. The van der Waals surface area contributed by atoms with E-state index < -0.39 is 43.7 Å². The van der Waals surface area contributed by atoms with Crippen LogP contribution in [0.15, 0.2) is 36.1 Å². The van der Waals surface area contributed by atoms with Gasteiger partial charge in [-0.2, -0.15) is 14.6 Å². The molecule has 2 unspecified atom stereocenters. The Bertz CT molecular complexity index is 1700. The zero-order chi connectivity index (χ0) is 34.6. The number of nitrogens with one attached hydrogen (secondary N) is 1. The molecule has 1 saturated carbocycles. The van der Waals surface area contributed by atoms with Crippen LogP contribution >= 0.6 is 19.9 Å². The molecule has 5 rings (SSSR count). The Morgan fingerprint density at radius 2 is 1.83 bits per heavy atom. The first kappa shape index (κ1) is 36.1. The van der Waals surface area contributed by atoms with Crippen LogP contribution in [0.2, 0.25) is 0 Å². The summed E-state index contributed by atoms with van der Waals surface area (Å²) in [5.41, 5.74) is -0.0141. The van der Waals surface area contributed by atoms with Crippen molar-refractivity contribution in [3.05, 3.63) is 53.6 Å². The summed E-state index contributed by atoms with van der Waals surface area (Å²) in [5, 5.41) is 14.1. The maximum Gasteiger partial charge on any atom is 0.335 e. The fraction of sp³-hybridized carbons (Fsp3) is 0.545. The average Bonchev–Trinajstić information content (AvgIpc) is 3.78. The van der Waals surface area contributed by atoms with Crippen molar-refractivity contribution < 1.29 is 27.1 Å². The van der Waals surface area contributed by atoms with Crippen LogP contribution in [0.1, 0.15) is 116 Å². The van der Waals surface area contributed by atoms with Crippen molar-refractivity contribution in [3.63, 3.8) is 0 Å². The van der Waals surface area contributed by atoms with E-state index in [1.807, 2.05) is 41.5 Å². The molecule has 260 valence electrons. The second kappa shape index (κ2) is 15.2. The number of nitrogens with zero attached hydrogens (tertiary/aromatic N) is 6. The van der Waals surface area contributed by atoms with Gasteiger partial charge in [-0.05, 0) is 72.9 Å². The summed E-state index contributed by atoms with van der Waals surface area (Å²) in [6.45, 7) is 13.9. The number of pyridine rings is 1. The molecule has 1 amide bonds. The van der Waals surface area contributed by atoms with E-state index in [1.165, 1.54) is 11.3 Å². The van der Waals surface area contributed by atoms with Crippen molar-refractivity contribution in [2.45, 2.75) is 117 Å². The molecule has 1 aliphatic carbocycles. The Labute approximate surface area is 285 Å². The maximum atomic E-state index is 14.8. The number of carbonyl (C=O) groups excluding carboxylic acids is 1. The summed E-state index contributed by atoms with van der Waals surface area (Å²) in [6, 6.07) is 2.04. The van der Waals surface area contributed by atoms with Crippen LogP contribution in [0.25, 0.3) is 22.0 Å². The molecule has 0 saturated heterocycles. The van der Waals surface area contributed by atoms with Gasteiger partial charge in [-0.25, -0.2) is 19.0 Å². The van der Waals surface area contributed by atoms with Gasteiger partial charge in [0.1, 0.15) is 22.1 Å². The molecular formula is C33H44F2N7O4PS. The monoisotopic (exact) mass is 703 g/mol. The summed E-state index contributed by atoms with van der Waals surface area (Å²) < 4.78 is 50.9. The second-order valence-corrected chi connectivity index (χ2v) is 15.4. The normalized spacial score (nSPS) is 15.9. The summed E-state index contributed by atoms with van der Waals surface area (Å²) in [4.78, 5) is 21.7. The minimum Gasteiger partial charge on any atom is -0.317 e. The first-order valence-corrected chi connectivity index (χ1v) is 18.3. The van der Waals surface area contributed by atoms with Crippen LogP contribution in [0.3, 0.4) is 0 Å². The lowest BCUT2D eigenvalue weighted by Crippen LogP contribution is -2.26. The van der Waals surface area contributed by atoms with Crippen molar-refractivity contribution in [3.8, 4) is 22.0 Å². The number of thiazole rings is 1. The number of anilines is 1. The van der Waals surface area contributed by atoms with Gasteiger partial charge in [-0.15, -0.1) is 11.3 Å². The number of halogens is 2. The van der Waals surface area contributed by atoms with E-state index in [0.717, 1.165) is 57.1 Å². The van der Waals surface area contributed by atoms with E-state index in [4.69, 9.17) is 13.6 Å². The summed E-state index contributed by atoms with van der Waals surface area (Å²) in [7, 11) is -1.69. The lowest BCUT2D eigenvalue weighted by molar-refractivity contribution is -0.00355. The number of aromatic nitrogens is 6. The predicted octanol–water partition coefficient (Wildman–Crippen LogP) is 9.47. The average molecular weight is 704 g/mol. The van der Waals surface area contributed by atoms with E-state index in [1.54, 1.807) is 33.3 Å². The topological polar surface area (TPSA) is 118 Å². The van der Waals surface area contributed by atoms with Crippen LogP contribution < -0.4 is 5.32 Å². The van der Waals surface area contributed by atoms with Crippen LogP contribution in [0, 0.1) is 11.8 Å². The molecule has 1 fully saturated rings. The first-order chi connectivity index (χ1) is 22.7. The van der Waals surface area contributed by atoms with Gasteiger partial charge in [0.05, 0.1) is 29.1 Å². The van der Waals surface area contributed by atoms with E-state index in [-0.39, 0.29) is 28.8 Å². The highest BCUT2D eigenvalue weighted by molar-refractivity contribution is 7.41. The Balaban J connectivity index is 1.32. The second-order valence-electron chi connectivity index (χ2n) is 13.6. The smallest absolute Gasteiger partial charge is 0.317 e. The number of hydrogen-bond donors (Lipinski definition) is 1. The van der Waals surface area contributed by atoms with Crippen molar-refractivity contribution in [2.75, 3.05) is 5.32 Å². The molecule has 4 aromatic heterocycles. The summed E-state index contributed by atoms with van der Waals surface area (Å²) >= 11 is 1.28. The van der Waals surface area contributed by atoms with E-state index in [0.29, 0.717) is 10.6 Å². The zero-order valence-electron chi connectivity index (χ0n) is 28.5. The van der Waals surface area contributed by atoms with Gasteiger partial charge in [-0.1, -0.05) is 32.6 Å². The Morgan fingerprint density at radius 3 is 2.54 bits per heavy atom. The van der Waals surface area contributed by atoms with Gasteiger partial charge in [-0.3, -0.25) is 14.0 Å². The molecule has 0 radical (unpaired) electrons. The van der Waals surface area contributed by atoms with Crippen LogP contribution in [0.4, 0.5) is 14.5 Å². The van der Waals surface area contributed by atoms with Gasteiger partial charge in [0.15, 0.2) is 12.0 Å². The highest BCUT2D eigenvalue weighted by Crippen LogP contribution is 2.50. The Kier molecular flexibility index (Phi) is 11.4. The molecule has 0 aliphatic heterocycles. The fourth-order valence-electron chi connectivity index (χ4n) is 5.43. The van der Waals surface area contributed by atoms with E-state index >= 15 is 0 Å². The molecule has 2 atom stereocenters. The SMILES string of the molecule is CCCC(C)(C)OP(OC(C)n1cc(-c2nc(C(=O)Nc3cn(C4CCCCC4)nc3-c3nc(F)ccc3F)cs2)cn1)OC(C)(C)C. The molecule has 0 aromatic carbocycles. The van der Waals surface area contributed by atoms with Gasteiger partial charge >= 0.3 is 8.60 Å². The van der Waals surface area contributed by atoms with Gasteiger partial charge < -0.3 is 14.4 Å². The minimum atomic E-state index is -1.69. The molecular weight excluding hydrogens is 659 g/mol. The molecule has 1 N–H and O–H groups in total. The lowest BCUT2D eigenvalue weighted by atomic mass is 9.96. The van der Waals surface area contributed by atoms with Gasteiger partial charge in [0.2, 0.25) is 5.95 Å². The Hall–Kier alpha value is -3.16. The number of rotatable bonds is 13. The molecule has 0 spiro atoms. The maximum absolute atomic E-state index is 14.8. The third-order valence-corrected chi connectivity index (χ3v) is 10.4. The van der Waals surface area contributed by atoms with Crippen molar-refractivity contribution >= 4 is 31.5 Å². The van der Waals surface area contributed by atoms with Crippen LogP contribution in [-0.4, -0.2) is 46.6 Å². The van der Waals surface area contributed by atoms with Crippen molar-refractivity contribution in [1.82, 2.24) is 29.5 Å². The third-order valence-electron chi connectivity index (χ3n) is 7.68. The number of amides is 1. The molecule has 48 heavy (non-hydrogen) atoms. The number of carbonyl (C=O) groups is 1. The van der Waals surface area contributed by atoms with Crippen molar-refractivity contribution in [1.29, 1.82) is 0 Å². The molecule has 1 aliphatic rings. The van der Waals surface area contributed by atoms with Crippen molar-refractivity contribution in [2.24, 2.45) is 0 Å². The summed E-state index contributed by atoms with van der Waals surface area (Å²) in [6.07, 6.45) is 11.5. The van der Waals surface area contributed by atoms with E-state index in [2.05, 4.69) is 32.4 Å². The highest BCUT2D eigenvalue weighted by atomic mass is 32.1. The minimum absolute atomic E-state index is 0.0640.